The summed E-state index contributed by atoms with van der Waals surface area (Å²) < 4.78 is 1.94. The molecule has 0 unspecified atom stereocenters. The molecule has 0 spiro atoms. The zero-order chi connectivity index (χ0) is 13.9. The van der Waals surface area contributed by atoms with Gasteiger partial charge in [-0.15, -0.1) is 0 Å². The maximum Gasteiger partial charge on any atom is 0.150 e. The molecule has 3 aromatic rings. The molecule has 0 fully saturated rings. The molecule has 0 saturated carbocycles. The van der Waals surface area contributed by atoms with Gasteiger partial charge in [0.2, 0.25) is 0 Å². The van der Waals surface area contributed by atoms with E-state index in [1.165, 1.54) is 11.1 Å². The van der Waals surface area contributed by atoms with Crippen molar-refractivity contribution >= 4 is 11.8 Å². The average molecular weight is 264 g/mol. The summed E-state index contributed by atoms with van der Waals surface area (Å²) in [5.74, 6) is 0. The molecule has 0 atom stereocenters. The number of carbonyl (C=O) groups is 1. The smallest absolute Gasteiger partial charge is 0.150 e. The molecule has 2 aromatic heterocycles. The van der Waals surface area contributed by atoms with E-state index < -0.39 is 0 Å². The molecule has 2 heterocycles. The molecule has 100 valence electrons. The van der Waals surface area contributed by atoms with Gasteiger partial charge in [0.25, 0.3) is 0 Å². The number of aldehydes is 1. The molecule has 0 saturated heterocycles. The Kier molecular flexibility index (Phi) is 3.33. The Hall–Kier alpha value is -2.42. The Labute approximate surface area is 117 Å². The van der Waals surface area contributed by atoms with Crippen molar-refractivity contribution in [3.8, 4) is 0 Å². The van der Waals surface area contributed by atoms with Gasteiger partial charge in [0, 0.05) is 23.7 Å². The van der Waals surface area contributed by atoms with Crippen molar-refractivity contribution in [2.24, 2.45) is 0 Å². The summed E-state index contributed by atoms with van der Waals surface area (Å²) in [4.78, 5) is 10.7. The molecule has 3 nitrogen and oxygen atoms in total. The van der Waals surface area contributed by atoms with Gasteiger partial charge in [0.05, 0.1) is 11.2 Å². The van der Waals surface area contributed by atoms with Gasteiger partial charge in [-0.1, -0.05) is 37.3 Å². The van der Waals surface area contributed by atoms with Crippen LogP contribution in [0.15, 0.2) is 48.7 Å². The lowest BCUT2D eigenvalue weighted by atomic mass is 10.0. The highest BCUT2D eigenvalue weighted by molar-refractivity contribution is 5.74. The number of nitrogens with zero attached hydrogens (tertiary/aromatic N) is 2. The molecule has 20 heavy (non-hydrogen) atoms. The highest BCUT2D eigenvalue weighted by Gasteiger charge is 2.11. The third-order valence-corrected chi connectivity index (χ3v) is 3.56. The first kappa shape index (κ1) is 12.6. The minimum absolute atomic E-state index is 0.712. The number of carbonyl (C=O) groups excluding carboxylic acids is 1. The molecule has 0 aliphatic rings. The summed E-state index contributed by atoms with van der Waals surface area (Å²) in [6.07, 6.45) is 4.61. The minimum Gasteiger partial charge on any atom is -0.298 e. The topological polar surface area (TPSA) is 34.4 Å². The zero-order valence-corrected chi connectivity index (χ0v) is 11.4. The van der Waals surface area contributed by atoms with Crippen LogP contribution in [0.1, 0.15) is 34.1 Å². The van der Waals surface area contributed by atoms with E-state index in [-0.39, 0.29) is 0 Å². The van der Waals surface area contributed by atoms with Crippen LogP contribution >= 0.6 is 0 Å². The fraction of sp³-hybridized carbons (Fsp3) is 0.176. The van der Waals surface area contributed by atoms with Crippen LogP contribution < -0.4 is 0 Å². The number of hydrogen-bond acceptors (Lipinski definition) is 2. The van der Waals surface area contributed by atoms with Gasteiger partial charge in [-0.2, -0.15) is 5.10 Å². The van der Waals surface area contributed by atoms with Crippen LogP contribution in [-0.4, -0.2) is 15.9 Å². The maximum absolute atomic E-state index is 10.7. The van der Waals surface area contributed by atoms with Gasteiger partial charge in [-0.25, -0.2) is 4.52 Å². The number of aryl methyl sites for hydroxylation is 1. The number of aromatic nitrogens is 2. The Morgan fingerprint density at radius 3 is 2.65 bits per heavy atom. The Morgan fingerprint density at radius 1 is 1.15 bits per heavy atom. The van der Waals surface area contributed by atoms with E-state index in [1.54, 1.807) is 0 Å². The van der Waals surface area contributed by atoms with Crippen LogP contribution in [0, 0.1) is 0 Å². The lowest BCUT2D eigenvalue weighted by molar-refractivity contribution is 0.112. The molecule has 0 aliphatic heterocycles. The maximum atomic E-state index is 10.7. The van der Waals surface area contributed by atoms with Crippen molar-refractivity contribution in [3.63, 3.8) is 0 Å². The van der Waals surface area contributed by atoms with E-state index >= 15 is 0 Å². The predicted molar refractivity (Wildman–Crippen MR) is 79.2 cm³/mol. The van der Waals surface area contributed by atoms with Gasteiger partial charge in [0.1, 0.15) is 6.29 Å². The second-order valence-electron chi connectivity index (χ2n) is 4.85. The third kappa shape index (κ3) is 2.23. The van der Waals surface area contributed by atoms with Gasteiger partial charge in [-0.3, -0.25) is 4.79 Å². The number of fused-ring (bicyclic) bond motifs is 1. The SMILES string of the molecule is CCc1nn2ccccc2c1Cc1ccc(C=O)cc1. The normalized spacial score (nSPS) is 10.8. The molecular formula is C17H16N2O. The lowest BCUT2D eigenvalue weighted by Crippen LogP contribution is -1.93. The van der Waals surface area contributed by atoms with E-state index in [9.17, 15) is 4.79 Å². The molecule has 3 heteroatoms. The molecule has 0 N–H and O–H groups in total. The Morgan fingerprint density at radius 2 is 1.95 bits per heavy atom. The number of hydrogen-bond donors (Lipinski definition) is 0. The fourth-order valence-electron chi connectivity index (χ4n) is 2.49. The first-order valence-corrected chi connectivity index (χ1v) is 6.81. The first-order valence-electron chi connectivity index (χ1n) is 6.81. The molecule has 0 radical (unpaired) electrons. The summed E-state index contributed by atoms with van der Waals surface area (Å²) in [5, 5.41) is 4.62. The molecule has 0 bridgehead atoms. The van der Waals surface area contributed by atoms with Gasteiger partial charge in [-0.05, 0) is 24.1 Å². The van der Waals surface area contributed by atoms with E-state index in [0.29, 0.717) is 5.56 Å². The summed E-state index contributed by atoms with van der Waals surface area (Å²) in [7, 11) is 0. The van der Waals surface area contributed by atoms with E-state index in [2.05, 4.69) is 18.1 Å². The van der Waals surface area contributed by atoms with Crippen LogP contribution in [0.25, 0.3) is 5.52 Å². The van der Waals surface area contributed by atoms with Crippen LogP contribution in [0.5, 0.6) is 0 Å². The largest absolute Gasteiger partial charge is 0.298 e. The second-order valence-corrected chi connectivity index (χ2v) is 4.85. The van der Waals surface area contributed by atoms with Crippen molar-refractivity contribution < 1.29 is 4.79 Å². The van der Waals surface area contributed by atoms with E-state index in [0.717, 1.165) is 30.3 Å². The highest BCUT2D eigenvalue weighted by Crippen LogP contribution is 2.20. The van der Waals surface area contributed by atoms with Crippen LogP contribution in [0.4, 0.5) is 0 Å². The minimum atomic E-state index is 0.712. The highest BCUT2D eigenvalue weighted by atomic mass is 16.1. The Balaban J connectivity index is 2.02. The van der Waals surface area contributed by atoms with Gasteiger partial charge >= 0.3 is 0 Å². The van der Waals surface area contributed by atoms with Crippen LogP contribution in [0.2, 0.25) is 0 Å². The summed E-state index contributed by atoms with van der Waals surface area (Å²) in [6.45, 7) is 2.13. The standard InChI is InChI=1S/C17H16N2O/c1-2-16-15(17-5-3-4-10-19(17)18-16)11-13-6-8-14(12-20)9-7-13/h3-10,12H,2,11H2,1H3. The zero-order valence-electron chi connectivity index (χ0n) is 11.4. The molecule has 0 amide bonds. The third-order valence-electron chi connectivity index (χ3n) is 3.56. The first-order chi connectivity index (χ1) is 9.81. The molecule has 1 aromatic carbocycles. The summed E-state index contributed by atoms with van der Waals surface area (Å²) in [6, 6.07) is 13.9. The molecule has 0 aliphatic carbocycles. The molecular weight excluding hydrogens is 248 g/mol. The molecule has 3 rings (SSSR count). The van der Waals surface area contributed by atoms with Gasteiger partial charge in [0.15, 0.2) is 0 Å². The fourth-order valence-corrected chi connectivity index (χ4v) is 2.49. The predicted octanol–water partition coefficient (Wildman–Crippen LogP) is 3.30. The van der Waals surface area contributed by atoms with E-state index in [4.69, 9.17) is 0 Å². The second kappa shape index (κ2) is 5.29. The number of benzene rings is 1. The Bertz CT molecular complexity index is 741. The van der Waals surface area contributed by atoms with E-state index in [1.807, 2.05) is 47.1 Å². The van der Waals surface area contributed by atoms with Crippen LogP contribution in [-0.2, 0) is 12.8 Å². The number of pyridine rings is 1. The summed E-state index contributed by atoms with van der Waals surface area (Å²) in [5.41, 5.74) is 5.47. The van der Waals surface area contributed by atoms with Crippen LogP contribution in [0.3, 0.4) is 0 Å². The lowest BCUT2D eigenvalue weighted by Gasteiger charge is -2.03. The number of rotatable bonds is 4. The van der Waals surface area contributed by atoms with Crippen molar-refractivity contribution in [2.75, 3.05) is 0 Å². The summed E-state index contributed by atoms with van der Waals surface area (Å²) >= 11 is 0. The monoisotopic (exact) mass is 264 g/mol. The van der Waals surface area contributed by atoms with Crippen molar-refractivity contribution in [1.29, 1.82) is 0 Å². The van der Waals surface area contributed by atoms with Crippen molar-refractivity contribution in [2.45, 2.75) is 19.8 Å². The van der Waals surface area contributed by atoms with Gasteiger partial charge < -0.3 is 0 Å². The van der Waals surface area contributed by atoms with Crippen molar-refractivity contribution in [3.05, 3.63) is 71.0 Å². The average Bonchev–Trinajstić information content (AvgIpc) is 2.86. The van der Waals surface area contributed by atoms with Crippen molar-refractivity contribution in [1.82, 2.24) is 9.61 Å². The quantitative estimate of drug-likeness (QED) is 0.678.